The van der Waals surface area contributed by atoms with Crippen molar-refractivity contribution in [1.29, 1.82) is 0 Å². The monoisotopic (exact) mass is 591 g/mol. The van der Waals surface area contributed by atoms with Gasteiger partial charge in [0.1, 0.15) is 13.2 Å². The minimum atomic E-state index is -0.655. The van der Waals surface area contributed by atoms with Crippen LogP contribution in [0.1, 0.15) is 48.0 Å². The van der Waals surface area contributed by atoms with Crippen molar-refractivity contribution in [3.63, 3.8) is 0 Å². The van der Waals surface area contributed by atoms with E-state index in [2.05, 4.69) is 0 Å². The molecule has 1 N–H and O–H groups in total. The number of carbonyl (C=O) groups excluding carboxylic acids is 2. The number of quaternary nitrogens is 1. The molecule has 2 amide bonds. The lowest BCUT2D eigenvalue weighted by Crippen LogP contribution is -2.58. The van der Waals surface area contributed by atoms with E-state index in [0.29, 0.717) is 35.1 Å². The summed E-state index contributed by atoms with van der Waals surface area (Å²) in [5.74, 6) is -0.159. The number of hydrogen-bond acceptors (Lipinski definition) is 4. The minimum Gasteiger partial charge on any atom is -0.633 e. The van der Waals surface area contributed by atoms with E-state index >= 15 is 0 Å². The topological polar surface area (TPSA) is 83.9 Å². The van der Waals surface area contributed by atoms with Crippen molar-refractivity contribution in [2.24, 2.45) is 5.92 Å². The van der Waals surface area contributed by atoms with Crippen molar-refractivity contribution in [2.45, 2.75) is 50.7 Å². The van der Waals surface area contributed by atoms with Gasteiger partial charge in [-0.2, -0.15) is 0 Å². The molecule has 7 nitrogen and oxygen atoms in total. The maximum Gasteiger partial charge on any atom is 0.254 e. The number of piperazine rings is 1. The Bertz CT molecular complexity index is 1200. The Labute approximate surface area is 244 Å². The van der Waals surface area contributed by atoms with E-state index in [9.17, 15) is 24.3 Å². The number of nitrogens with zero attached hydrogens (tertiary/aromatic N) is 3. The number of halogens is 3. The van der Waals surface area contributed by atoms with Crippen molar-refractivity contribution in [2.75, 3.05) is 45.9 Å². The zero-order valence-electron chi connectivity index (χ0n) is 22.5. The molecule has 0 bridgehead atoms. The molecule has 40 heavy (non-hydrogen) atoms. The Morgan fingerprint density at radius 1 is 0.975 bits per heavy atom. The van der Waals surface area contributed by atoms with Gasteiger partial charge in [0, 0.05) is 34.1 Å². The second kappa shape index (κ2) is 12.3. The summed E-state index contributed by atoms with van der Waals surface area (Å²) in [6.45, 7) is 1.02. The summed E-state index contributed by atoms with van der Waals surface area (Å²) in [7, 11) is 0. The summed E-state index contributed by atoms with van der Waals surface area (Å²) < 4.78 is 12.1. The molecular formula is C30H36Cl2FN3O4. The SMILES string of the molecule is O=C(c1ccc(-c2cc(Cl)c(C[C@@H]3CCN(C4CCC(O)CC4)C3=O)c(Cl)c2)cc1)N1CC[N+]([O-])(CCF)CC1. The first-order valence-electron chi connectivity index (χ1n) is 14.2. The lowest BCUT2D eigenvalue weighted by Gasteiger charge is -2.47. The molecule has 2 heterocycles. The molecule has 1 atom stereocenters. The van der Waals surface area contributed by atoms with Gasteiger partial charge in [0.25, 0.3) is 5.91 Å². The highest BCUT2D eigenvalue weighted by Crippen LogP contribution is 2.37. The Morgan fingerprint density at radius 3 is 2.20 bits per heavy atom. The predicted molar refractivity (Wildman–Crippen MR) is 154 cm³/mol. The number of hydroxylamine groups is 3. The van der Waals surface area contributed by atoms with Crippen LogP contribution in [-0.2, 0) is 11.2 Å². The normalized spacial score (nSPS) is 24.9. The Balaban J connectivity index is 1.22. The van der Waals surface area contributed by atoms with Crippen molar-refractivity contribution in [3.8, 4) is 11.1 Å². The van der Waals surface area contributed by atoms with Crippen LogP contribution in [-0.4, -0.2) is 89.5 Å². The molecule has 216 valence electrons. The highest BCUT2D eigenvalue weighted by molar-refractivity contribution is 6.36. The number of alkyl halides is 1. The maximum atomic E-state index is 13.2. The third-order valence-corrected chi connectivity index (χ3v) is 9.52. The van der Waals surface area contributed by atoms with Crippen LogP contribution in [0.15, 0.2) is 36.4 Å². The maximum absolute atomic E-state index is 13.2. The first-order chi connectivity index (χ1) is 19.2. The predicted octanol–water partition coefficient (Wildman–Crippen LogP) is 5.09. The van der Waals surface area contributed by atoms with E-state index in [-0.39, 0.29) is 49.5 Å². The largest absolute Gasteiger partial charge is 0.633 e. The fourth-order valence-electron chi connectivity index (χ4n) is 6.29. The Hall–Kier alpha value is -2.23. The van der Waals surface area contributed by atoms with Crippen LogP contribution in [0.4, 0.5) is 4.39 Å². The van der Waals surface area contributed by atoms with Crippen molar-refractivity contribution in [1.82, 2.24) is 9.80 Å². The van der Waals surface area contributed by atoms with Gasteiger partial charge in [-0.1, -0.05) is 35.3 Å². The van der Waals surface area contributed by atoms with Gasteiger partial charge in [0.2, 0.25) is 5.91 Å². The van der Waals surface area contributed by atoms with Crippen LogP contribution in [0.5, 0.6) is 0 Å². The zero-order valence-corrected chi connectivity index (χ0v) is 24.0. The summed E-state index contributed by atoms with van der Waals surface area (Å²) in [5.41, 5.74) is 2.96. The second-order valence-corrected chi connectivity index (χ2v) is 12.2. The van der Waals surface area contributed by atoms with E-state index in [0.717, 1.165) is 55.3 Å². The first kappa shape index (κ1) is 29.3. The lowest BCUT2D eigenvalue weighted by atomic mass is 9.92. The van der Waals surface area contributed by atoms with Gasteiger partial charge in [0.05, 0.1) is 32.3 Å². The molecule has 3 aliphatic rings. The summed E-state index contributed by atoms with van der Waals surface area (Å²) in [5, 5.41) is 23.2. The number of rotatable bonds is 7. The van der Waals surface area contributed by atoms with Gasteiger partial charge in [-0.25, -0.2) is 4.39 Å². The molecule has 0 unspecified atom stereocenters. The summed E-state index contributed by atoms with van der Waals surface area (Å²) in [6.07, 6.45) is 4.19. The zero-order chi connectivity index (χ0) is 28.4. The van der Waals surface area contributed by atoms with Gasteiger partial charge in [0.15, 0.2) is 0 Å². The molecule has 0 spiro atoms. The van der Waals surface area contributed by atoms with E-state index in [1.807, 2.05) is 29.2 Å². The average molecular weight is 593 g/mol. The third-order valence-electron chi connectivity index (χ3n) is 8.85. The summed E-state index contributed by atoms with van der Waals surface area (Å²) >= 11 is 13.4. The fraction of sp³-hybridized carbons (Fsp3) is 0.533. The molecule has 0 radical (unpaired) electrons. The van der Waals surface area contributed by atoms with Crippen molar-refractivity contribution >= 4 is 35.0 Å². The molecule has 3 fully saturated rings. The fourth-order valence-corrected chi connectivity index (χ4v) is 6.94. The van der Waals surface area contributed by atoms with Crippen LogP contribution >= 0.6 is 23.2 Å². The van der Waals surface area contributed by atoms with Gasteiger partial charge < -0.3 is 24.8 Å². The van der Waals surface area contributed by atoms with Crippen LogP contribution in [0.3, 0.4) is 0 Å². The van der Waals surface area contributed by atoms with Gasteiger partial charge in [-0.05, 0) is 79.5 Å². The van der Waals surface area contributed by atoms with Crippen molar-refractivity contribution in [3.05, 3.63) is 62.8 Å². The van der Waals surface area contributed by atoms with Crippen LogP contribution < -0.4 is 0 Å². The second-order valence-electron chi connectivity index (χ2n) is 11.4. The molecule has 2 aromatic rings. The number of amides is 2. The molecular weight excluding hydrogens is 556 g/mol. The van der Waals surface area contributed by atoms with Gasteiger partial charge >= 0.3 is 0 Å². The molecule has 2 aliphatic heterocycles. The molecule has 1 aliphatic carbocycles. The first-order valence-corrected chi connectivity index (χ1v) is 14.9. The molecule has 0 aromatic heterocycles. The standard InChI is InChI=1S/C30H36Cl2FN3O4/c31-27-18-23(20-1-3-21(4-2-20)29(38)34-12-15-36(40,14-10-33)16-13-34)19-28(32)26(27)17-22-9-11-35(30(22)39)24-5-7-25(37)8-6-24/h1-4,18-19,22,24-25,37H,5-17H2/t22-,24?,25?/m0/s1. The molecule has 10 heteroatoms. The van der Waals surface area contributed by atoms with E-state index in [1.165, 1.54) is 0 Å². The number of aliphatic hydroxyl groups excluding tert-OH is 1. The van der Waals surface area contributed by atoms with Crippen LogP contribution in [0.2, 0.25) is 10.0 Å². The average Bonchev–Trinajstić information content (AvgIpc) is 3.31. The molecule has 5 rings (SSSR count). The lowest BCUT2D eigenvalue weighted by molar-refractivity contribution is -0.884. The highest BCUT2D eigenvalue weighted by atomic mass is 35.5. The molecule has 2 saturated heterocycles. The number of benzene rings is 2. The van der Waals surface area contributed by atoms with Crippen LogP contribution in [0.25, 0.3) is 11.1 Å². The van der Waals surface area contributed by atoms with Gasteiger partial charge in [-0.3, -0.25) is 9.59 Å². The van der Waals surface area contributed by atoms with Crippen molar-refractivity contribution < 1.29 is 23.7 Å². The smallest absolute Gasteiger partial charge is 0.254 e. The number of likely N-dealkylation sites (tertiary alicyclic amines) is 1. The molecule has 2 aromatic carbocycles. The van der Waals surface area contributed by atoms with Gasteiger partial charge in [-0.15, -0.1) is 0 Å². The summed E-state index contributed by atoms with van der Waals surface area (Å²) in [4.78, 5) is 29.8. The quantitative estimate of drug-likeness (QED) is 0.359. The van der Waals surface area contributed by atoms with E-state index in [1.54, 1.807) is 17.0 Å². The number of carbonyl (C=O) groups is 2. The van der Waals surface area contributed by atoms with E-state index < -0.39 is 11.3 Å². The highest BCUT2D eigenvalue weighted by Gasteiger charge is 2.37. The summed E-state index contributed by atoms with van der Waals surface area (Å²) in [6, 6.07) is 11.1. The Kier molecular flexibility index (Phi) is 9.02. The Morgan fingerprint density at radius 2 is 1.60 bits per heavy atom. The third kappa shape index (κ3) is 6.31. The molecule has 1 saturated carbocycles. The van der Waals surface area contributed by atoms with Crippen LogP contribution in [0, 0.1) is 11.1 Å². The van der Waals surface area contributed by atoms with E-state index in [4.69, 9.17) is 23.2 Å². The number of aliphatic hydroxyl groups is 1. The number of hydrogen-bond donors (Lipinski definition) is 1. The minimum absolute atomic E-state index is 0.0672.